The summed E-state index contributed by atoms with van der Waals surface area (Å²) in [7, 11) is 3.61. The number of nitrogens with one attached hydrogen (secondary N) is 2. The second-order valence-corrected chi connectivity index (χ2v) is 6.06. The van der Waals surface area contributed by atoms with E-state index >= 15 is 0 Å². The Morgan fingerprint density at radius 2 is 1.78 bits per heavy atom. The molecule has 144 valence electrons. The molecule has 0 radical (unpaired) electrons. The van der Waals surface area contributed by atoms with Gasteiger partial charge in [0.2, 0.25) is 0 Å². The van der Waals surface area contributed by atoms with Crippen LogP contribution in [0.15, 0.2) is 59.6 Å². The van der Waals surface area contributed by atoms with Crippen LogP contribution < -0.4 is 15.4 Å². The fourth-order valence-electron chi connectivity index (χ4n) is 2.58. The molecule has 2 aromatic carbocycles. The summed E-state index contributed by atoms with van der Waals surface area (Å²) >= 11 is 0. The summed E-state index contributed by atoms with van der Waals surface area (Å²) in [6.45, 7) is 4.57. The summed E-state index contributed by atoms with van der Waals surface area (Å²) in [4.78, 5) is 18.8. The van der Waals surface area contributed by atoms with Crippen LogP contribution in [0, 0.1) is 0 Å². The number of rotatable bonds is 8. The first-order valence-corrected chi connectivity index (χ1v) is 9.09. The first-order chi connectivity index (χ1) is 13.1. The average molecular weight is 368 g/mol. The van der Waals surface area contributed by atoms with Crippen molar-refractivity contribution in [2.75, 3.05) is 33.8 Å². The molecule has 0 aliphatic carbocycles. The largest absolute Gasteiger partial charge is 0.497 e. The van der Waals surface area contributed by atoms with Crippen LogP contribution in [0.1, 0.15) is 22.8 Å². The molecular weight excluding hydrogens is 340 g/mol. The normalized spacial score (nSPS) is 11.0. The number of ether oxygens (including phenoxy) is 1. The highest BCUT2D eigenvalue weighted by atomic mass is 16.5. The van der Waals surface area contributed by atoms with Crippen LogP contribution in [0.3, 0.4) is 0 Å². The van der Waals surface area contributed by atoms with Crippen LogP contribution in [0.25, 0.3) is 0 Å². The molecule has 2 aromatic rings. The Kier molecular flexibility index (Phi) is 8.16. The van der Waals surface area contributed by atoms with Crippen molar-refractivity contribution in [1.82, 2.24) is 15.5 Å². The molecule has 0 unspecified atom stereocenters. The highest BCUT2D eigenvalue weighted by Gasteiger charge is 2.07. The van der Waals surface area contributed by atoms with Crippen LogP contribution >= 0.6 is 0 Å². The Morgan fingerprint density at radius 1 is 1.07 bits per heavy atom. The van der Waals surface area contributed by atoms with Crippen LogP contribution in [0.5, 0.6) is 5.75 Å². The molecule has 0 aromatic heterocycles. The van der Waals surface area contributed by atoms with Crippen LogP contribution in [-0.2, 0) is 6.54 Å². The summed E-state index contributed by atoms with van der Waals surface area (Å²) in [6.07, 6.45) is 0. The summed E-state index contributed by atoms with van der Waals surface area (Å²) in [5.74, 6) is 1.43. The molecule has 2 N–H and O–H groups in total. The summed E-state index contributed by atoms with van der Waals surface area (Å²) in [5.41, 5.74) is 1.83. The second-order valence-electron chi connectivity index (χ2n) is 6.06. The quantitative estimate of drug-likeness (QED) is 0.427. The Bertz CT molecular complexity index is 730. The number of hydrogen-bond donors (Lipinski definition) is 2. The molecule has 0 aliphatic heterocycles. The van der Waals surface area contributed by atoms with Crippen molar-refractivity contribution in [1.29, 1.82) is 0 Å². The maximum absolute atomic E-state index is 12.2. The third-order valence-corrected chi connectivity index (χ3v) is 3.97. The number of benzene rings is 2. The predicted octanol–water partition coefficient (Wildman–Crippen LogP) is 2.52. The molecular formula is C21H28N4O2. The van der Waals surface area contributed by atoms with E-state index in [4.69, 9.17) is 4.74 Å². The van der Waals surface area contributed by atoms with E-state index in [0.717, 1.165) is 24.8 Å². The van der Waals surface area contributed by atoms with Gasteiger partial charge in [0.15, 0.2) is 5.96 Å². The van der Waals surface area contributed by atoms with Crippen molar-refractivity contribution >= 4 is 11.9 Å². The lowest BCUT2D eigenvalue weighted by molar-refractivity contribution is 0.0954. The standard InChI is InChI=1S/C21H28N4O2/c1-4-22-21(25(2)16-17-8-6-5-7-9-17)24-15-14-23-20(26)18-10-12-19(27-3)13-11-18/h5-13H,4,14-16H2,1-3H3,(H,22,24)(H,23,26). The van der Waals surface area contributed by atoms with Crippen molar-refractivity contribution in [3.63, 3.8) is 0 Å². The first kappa shape index (κ1) is 20.3. The fourth-order valence-corrected chi connectivity index (χ4v) is 2.58. The zero-order valence-electron chi connectivity index (χ0n) is 16.2. The molecule has 0 fully saturated rings. The number of aliphatic imine (C=N–C) groups is 1. The van der Waals surface area contributed by atoms with Crippen molar-refractivity contribution < 1.29 is 9.53 Å². The molecule has 0 saturated carbocycles. The van der Waals surface area contributed by atoms with E-state index < -0.39 is 0 Å². The van der Waals surface area contributed by atoms with Gasteiger partial charge in [0.1, 0.15) is 5.75 Å². The smallest absolute Gasteiger partial charge is 0.251 e. The Balaban J connectivity index is 1.85. The molecule has 0 saturated heterocycles. The van der Waals surface area contributed by atoms with E-state index in [-0.39, 0.29) is 5.91 Å². The maximum Gasteiger partial charge on any atom is 0.251 e. The molecule has 6 heteroatoms. The van der Waals surface area contributed by atoms with Gasteiger partial charge in [-0.2, -0.15) is 0 Å². The Labute approximate surface area is 161 Å². The summed E-state index contributed by atoms with van der Waals surface area (Å²) in [5, 5.41) is 6.17. The minimum absolute atomic E-state index is 0.115. The minimum atomic E-state index is -0.115. The first-order valence-electron chi connectivity index (χ1n) is 9.09. The predicted molar refractivity (Wildman–Crippen MR) is 109 cm³/mol. The molecule has 0 aliphatic rings. The molecule has 2 rings (SSSR count). The van der Waals surface area contributed by atoms with Crippen molar-refractivity contribution in [2.45, 2.75) is 13.5 Å². The van der Waals surface area contributed by atoms with E-state index in [0.29, 0.717) is 18.7 Å². The molecule has 0 atom stereocenters. The SMILES string of the molecule is CCNC(=NCCNC(=O)c1ccc(OC)cc1)N(C)Cc1ccccc1. The van der Waals surface area contributed by atoms with Gasteiger partial charge in [0, 0.05) is 32.2 Å². The van der Waals surface area contributed by atoms with Gasteiger partial charge in [0.25, 0.3) is 5.91 Å². The zero-order valence-corrected chi connectivity index (χ0v) is 16.2. The topological polar surface area (TPSA) is 66.0 Å². The molecule has 27 heavy (non-hydrogen) atoms. The van der Waals surface area contributed by atoms with E-state index in [9.17, 15) is 4.79 Å². The fraction of sp³-hybridized carbons (Fsp3) is 0.333. The Hall–Kier alpha value is -3.02. The van der Waals surface area contributed by atoms with Gasteiger partial charge < -0.3 is 20.3 Å². The monoisotopic (exact) mass is 368 g/mol. The average Bonchev–Trinajstić information content (AvgIpc) is 2.71. The second kappa shape index (κ2) is 10.9. The van der Waals surface area contributed by atoms with Gasteiger partial charge in [-0.05, 0) is 36.8 Å². The van der Waals surface area contributed by atoms with E-state index in [1.807, 2.05) is 32.2 Å². The molecule has 6 nitrogen and oxygen atoms in total. The number of guanidine groups is 1. The van der Waals surface area contributed by atoms with Crippen molar-refractivity contribution in [2.24, 2.45) is 4.99 Å². The van der Waals surface area contributed by atoms with Crippen molar-refractivity contribution in [3.8, 4) is 5.75 Å². The van der Waals surface area contributed by atoms with Gasteiger partial charge >= 0.3 is 0 Å². The lowest BCUT2D eigenvalue weighted by Crippen LogP contribution is -2.39. The number of carbonyl (C=O) groups excluding carboxylic acids is 1. The number of methoxy groups -OCH3 is 1. The highest BCUT2D eigenvalue weighted by Crippen LogP contribution is 2.10. The third-order valence-electron chi connectivity index (χ3n) is 3.97. The van der Waals surface area contributed by atoms with E-state index in [1.165, 1.54) is 5.56 Å². The lowest BCUT2D eigenvalue weighted by atomic mass is 10.2. The molecule has 0 heterocycles. The number of nitrogens with zero attached hydrogens (tertiary/aromatic N) is 2. The van der Waals surface area contributed by atoms with E-state index in [2.05, 4.69) is 32.7 Å². The van der Waals surface area contributed by atoms with Gasteiger partial charge in [-0.25, -0.2) is 0 Å². The van der Waals surface area contributed by atoms with Crippen molar-refractivity contribution in [3.05, 3.63) is 65.7 Å². The van der Waals surface area contributed by atoms with Crippen LogP contribution in [-0.4, -0.2) is 50.6 Å². The zero-order chi connectivity index (χ0) is 19.5. The molecule has 0 bridgehead atoms. The van der Waals surface area contributed by atoms with Gasteiger partial charge in [0.05, 0.1) is 13.7 Å². The summed E-state index contributed by atoms with van der Waals surface area (Å²) in [6, 6.07) is 17.3. The number of hydrogen-bond acceptors (Lipinski definition) is 3. The van der Waals surface area contributed by atoms with Gasteiger partial charge in [-0.3, -0.25) is 9.79 Å². The van der Waals surface area contributed by atoms with Crippen LogP contribution in [0.4, 0.5) is 0 Å². The van der Waals surface area contributed by atoms with E-state index in [1.54, 1.807) is 31.4 Å². The lowest BCUT2D eigenvalue weighted by Gasteiger charge is -2.22. The number of carbonyl (C=O) groups is 1. The third kappa shape index (κ3) is 6.66. The molecule has 0 spiro atoms. The minimum Gasteiger partial charge on any atom is -0.497 e. The van der Waals surface area contributed by atoms with Gasteiger partial charge in [-0.15, -0.1) is 0 Å². The Morgan fingerprint density at radius 3 is 2.41 bits per heavy atom. The maximum atomic E-state index is 12.2. The van der Waals surface area contributed by atoms with Crippen LogP contribution in [0.2, 0.25) is 0 Å². The van der Waals surface area contributed by atoms with Gasteiger partial charge in [-0.1, -0.05) is 30.3 Å². The summed E-state index contributed by atoms with van der Waals surface area (Å²) < 4.78 is 5.10. The highest BCUT2D eigenvalue weighted by molar-refractivity contribution is 5.94. The molecule has 1 amide bonds. The number of amides is 1.